The molecule has 3 rings (SSSR count). The third-order valence-electron chi connectivity index (χ3n) is 4.18. The van der Waals surface area contributed by atoms with E-state index in [2.05, 4.69) is 41.3 Å². The molecule has 2 atom stereocenters. The second-order valence-electron chi connectivity index (χ2n) is 5.75. The van der Waals surface area contributed by atoms with Crippen LogP contribution in [0.15, 0.2) is 24.3 Å². The van der Waals surface area contributed by atoms with Gasteiger partial charge in [-0.2, -0.15) is 5.10 Å². The van der Waals surface area contributed by atoms with Gasteiger partial charge in [-0.25, -0.2) is 0 Å². The lowest BCUT2D eigenvalue weighted by Crippen LogP contribution is -2.38. The lowest BCUT2D eigenvalue weighted by Gasteiger charge is -2.26. The van der Waals surface area contributed by atoms with Gasteiger partial charge >= 0.3 is 0 Å². The second kappa shape index (κ2) is 5.37. The van der Waals surface area contributed by atoms with E-state index in [1.54, 1.807) is 0 Å². The minimum absolute atomic E-state index is 0.213. The SMILES string of the molecule is Cc1nnc(OC2CCCC2N(C)C)c2ccccc12. The van der Waals surface area contributed by atoms with Crippen molar-refractivity contribution in [2.75, 3.05) is 14.1 Å². The summed E-state index contributed by atoms with van der Waals surface area (Å²) in [5.41, 5.74) is 0.948. The zero-order valence-electron chi connectivity index (χ0n) is 12.3. The Hall–Kier alpha value is -1.68. The summed E-state index contributed by atoms with van der Waals surface area (Å²) in [4.78, 5) is 2.25. The number of hydrogen-bond donors (Lipinski definition) is 0. The quantitative estimate of drug-likeness (QED) is 0.860. The third-order valence-corrected chi connectivity index (χ3v) is 4.18. The summed E-state index contributed by atoms with van der Waals surface area (Å²) < 4.78 is 6.20. The smallest absolute Gasteiger partial charge is 0.241 e. The molecule has 20 heavy (non-hydrogen) atoms. The number of benzene rings is 1. The first kappa shape index (κ1) is 13.3. The van der Waals surface area contributed by atoms with Gasteiger partial charge in [0.2, 0.25) is 5.88 Å². The molecule has 1 aliphatic rings. The van der Waals surface area contributed by atoms with Crippen molar-refractivity contribution in [3.8, 4) is 5.88 Å². The average molecular weight is 271 g/mol. The molecule has 1 heterocycles. The molecule has 0 saturated heterocycles. The van der Waals surface area contributed by atoms with E-state index in [1.807, 2.05) is 19.1 Å². The van der Waals surface area contributed by atoms with Crippen molar-refractivity contribution in [3.63, 3.8) is 0 Å². The van der Waals surface area contributed by atoms with E-state index < -0.39 is 0 Å². The van der Waals surface area contributed by atoms with Crippen LogP contribution in [0.5, 0.6) is 5.88 Å². The van der Waals surface area contributed by atoms with Crippen LogP contribution in [0, 0.1) is 6.92 Å². The van der Waals surface area contributed by atoms with Crippen LogP contribution in [0.2, 0.25) is 0 Å². The summed E-state index contributed by atoms with van der Waals surface area (Å²) in [6, 6.07) is 8.65. The van der Waals surface area contributed by atoms with Gasteiger partial charge in [0, 0.05) is 16.8 Å². The lowest BCUT2D eigenvalue weighted by atomic mass is 10.1. The molecule has 0 aliphatic heterocycles. The molecule has 2 unspecified atom stereocenters. The van der Waals surface area contributed by atoms with Gasteiger partial charge in [0.25, 0.3) is 0 Å². The predicted octanol–water partition coefficient (Wildman–Crippen LogP) is 2.80. The maximum absolute atomic E-state index is 6.20. The van der Waals surface area contributed by atoms with Gasteiger partial charge in [-0.1, -0.05) is 18.2 Å². The van der Waals surface area contributed by atoms with Crippen LogP contribution < -0.4 is 4.74 Å². The van der Waals surface area contributed by atoms with Gasteiger partial charge < -0.3 is 9.64 Å². The predicted molar refractivity (Wildman–Crippen MR) is 80.0 cm³/mol. The highest BCUT2D eigenvalue weighted by Crippen LogP contribution is 2.30. The number of aryl methyl sites for hydroxylation is 1. The van der Waals surface area contributed by atoms with Crippen molar-refractivity contribution in [2.24, 2.45) is 0 Å². The number of hydrogen-bond acceptors (Lipinski definition) is 4. The van der Waals surface area contributed by atoms with Gasteiger partial charge in [-0.05, 0) is 46.3 Å². The van der Waals surface area contributed by atoms with Crippen molar-refractivity contribution in [1.82, 2.24) is 15.1 Å². The summed E-state index contributed by atoms with van der Waals surface area (Å²) in [6.45, 7) is 1.98. The molecule has 0 amide bonds. The van der Waals surface area contributed by atoms with E-state index in [0.717, 1.165) is 22.9 Å². The number of aromatic nitrogens is 2. The van der Waals surface area contributed by atoms with E-state index in [0.29, 0.717) is 11.9 Å². The molecule has 1 fully saturated rings. The molecule has 0 bridgehead atoms. The number of nitrogens with zero attached hydrogens (tertiary/aromatic N) is 3. The van der Waals surface area contributed by atoms with Crippen LogP contribution in [0.1, 0.15) is 25.0 Å². The fraction of sp³-hybridized carbons (Fsp3) is 0.500. The first-order chi connectivity index (χ1) is 9.66. The Balaban J connectivity index is 1.93. The Morgan fingerprint density at radius 2 is 1.85 bits per heavy atom. The largest absolute Gasteiger partial charge is 0.471 e. The fourth-order valence-corrected chi connectivity index (χ4v) is 3.08. The number of rotatable bonds is 3. The molecule has 4 heteroatoms. The van der Waals surface area contributed by atoms with E-state index in [4.69, 9.17) is 4.74 Å². The normalized spacial score (nSPS) is 22.6. The molecular formula is C16H21N3O. The van der Waals surface area contributed by atoms with Crippen molar-refractivity contribution in [3.05, 3.63) is 30.0 Å². The van der Waals surface area contributed by atoms with Crippen molar-refractivity contribution >= 4 is 10.8 Å². The molecular weight excluding hydrogens is 250 g/mol. The number of fused-ring (bicyclic) bond motifs is 1. The van der Waals surface area contributed by atoms with Crippen molar-refractivity contribution in [1.29, 1.82) is 0 Å². The minimum atomic E-state index is 0.213. The second-order valence-corrected chi connectivity index (χ2v) is 5.75. The maximum Gasteiger partial charge on any atom is 0.241 e. The highest BCUT2D eigenvalue weighted by Gasteiger charge is 2.31. The van der Waals surface area contributed by atoms with E-state index in [9.17, 15) is 0 Å². The Morgan fingerprint density at radius 1 is 1.10 bits per heavy atom. The molecule has 2 aromatic rings. The van der Waals surface area contributed by atoms with Crippen LogP contribution in [0.3, 0.4) is 0 Å². The van der Waals surface area contributed by atoms with Crippen LogP contribution in [0.4, 0.5) is 0 Å². The molecule has 1 aromatic carbocycles. The molecule has 0 N–H and O–H groups in total. The maximum atomic E-state index is 6.20. The Kier molecular flexibility index (Phi) is 3.57. The summed E-state index contributed by atoms with van der Waals surface area (Å²) in [7, 11) is 4.23. The topological polar surface area (TPSA) is 38.3 Å². The van der Waals surface area contributed by atoms with Crippen LogP contribution in [-0.2, 0) is 0 Å². The molecule has 106 valence electrons. The Labute approximate surface area is 119 Å². The highest BCUT2D eigenvalue weighted by atomic mass is 16.5. The van der Waals surface area contributed by atoms with Gasteiger partial charge in [-0.3, -0.25) is 0 Å². The Bertz CT molecular complexity index is 612. The summed E-state index contributed by atoms with van der Waals surface area (Å²) in [6.07, 6.45) is 3.71. The first-order valence-corrected chi connectivity index (χ1v) is 7.22. The monoisotopic (exact) mass is 271 g/mol. The van der Waals surface area contributed by atoms with Gasteiger partial charge in [0.1, 0.15) is 6.10 Å². The molecule has 4 nitrogen and oxygen atoms in total. The lowest BCUT2D eigenvalue weighted by molar-refractivity contribution is 0.117. The summed E-state index contributed by atoms with van der Waals surface area (Å²) in [5, 5.41) is 10.7. The third kappa shape index (κ3) is 2.36. The first-order valence-electron chi connectivity index (χ1n) is 7.22. The zero-order valence-corrected chi connectivity index (χ0v) is 12.3. The molecule has 1 aliphatic carbocycles. The molecule has 1 aromatic heterocycles. The fourth-order valence-electron chi connectivity index (χ4n) is 3.08. The molecule has 0 spiro atoms. The van der Waals surface area contributed by atoms with Crippen molar-refractivity contribution < 1.29 is 4.74 Å². The molecule has 1 saturated carbocycles. The Morgan fingerprint density at radius 3 is 2.60 bits per heavy atom. The minimum Gasteiger partial charge on any atom is -0.471 e. The van der Waals surface area contributed by atoms with E-state index in [1.165, 1.54) is 12.8 Å². The summed E-state index contributed by atoms with van der Waals surface area (Å²) >= 11 is 0. The van der Waals surface area contributed by atoms with Crippen molar-refractivity contribution in [2.45, 2.75) is 38.3 Å². The van der Waals surface area contributed by atoms with Gasteiger partial charge in [0.05, 0.1) is 5.69 Å². The summed E-state index contributed by atoms with van der Waals surface area (Å²) in [5.74, 6) is 0.671. The van der Waals surface area contributed by atoms with Crippen LogP contribution >= 0.6 is 0 Å². The van der Waals surface area contributed by atoms with Gasteiger partial charge in [-0.15, -0.1) is 5.10 Å². The van der Waals surface area contributed by atoms with Crippen LogP contribution in [0.25, 0.3) is 10.8 Å². The number of ether oxygens (including phenoxy) is 1. The zero-order chi connectivity index (χ0) is 14.1. The van der Waals surface area contributed by atoms with E-state index >= 15 is 0 Å². The number of likely N-dealkylation sites (N-methyl/N-ethyl adjacent to an activating group) is 1. The van der Waals surface area contributed by atoms with Crippen LogP contribution in [-0.4, -0.2) is 41.3 Å². The average Bonchev–Trinajstić information content (AvgIpc) is 2.91. The van der Waals surface area contributed by atoms with E-state index in [-0.39, 0.29) is 6.10 Å². The standard InChI is InChI=1S/C16H21N3O/c1-11-12-7-4-5-8-13(12)16(18-17-11)20-15-10-6-9-14(15)19(2)3/h4-5,7-8,14-15H,6,9-10H2,1-3H3. The highest BCUT2D eigenvalue weighted by molar-refractivity contribution is 5.88. The van der Waals surface area contributed by atoms with Gasteiger partial charge in [0.15, 0.2) is 0 Å². The molecule has 0 radical (unpaired) electrons.